The number of hydrogen-bond donors (Lipinski definition) is 0. The van der Waals surface area contributed by atoms with Crippen molar-refractivity contribution in [1.29, 1.82) is 0 Å². The van der Waals surface area contributed by atoms with Crippen LogP contribution in [0.4, 0.5) is 0 Å². The molecular weight excluding hydrogens is 240 g/mol. The monoisotopic (exact) mass is 278 g/mol. The van der Waals surface area contributed by atoms with Crippen molar-refractivity contribution in [3.05, 3.63) is 35.9 Å². The van der Waals surface area contributed by atoms with Gasteiger partial charge in [0, 0.05) is 0 Å². The van der Waals surface area contributed by atoms with Crippen LogP contribution in [0.1, 0.15) is 98.0 Å². The molecule has 118 valence electrons. The second-order valence-corrected chi connectivity index (χ2v) is 5.13. The molecule has 0 aliphatic heterocycles. The van der Waals surface area contributed by atoms with E-state index in [2.05, 4.69) is 58.0 Å². The van der Waals surface area contributed by atoms with Crippen LogP contribution in [0.3, 0.4) is 0 Å². The Labute approximate surface area is 129 Å². The minimum Gasteiger partial charge on any atom is -0.0683 e. The van der Waals surface area contributed by atoms with Crippen LogP contribution in [0, 0.1) is 0 Å². The summed E-state index contributed by atoms with van der Waals surface area (Å²) in [6.45, 7) is 13.0. The molecule has 0 aliphatic rings. The first kappa shape index (κ1) is 21.5. The SMILES string of the molecule is CC.CCC(C)c1ccccc1.CCCCCCCC. The largest absolute Gasteiger partial charge is 0.0683 e. The minimum absolute atomic E-state index is 0.709. The highest BCUT2D eigenvalue weighted by Gasteiger charge is 1.98. The predicted octanol–water partition coefficient (Wildman–Crippen LogP) is 7.59. The highest BCUT2D eigenvalue weighted by atomic mass is 14.0. The van der Waals surface area contributed by atoms with Crippen LogP contribution >= 0.6 is 0 Å². The van der Waals surface area contributed by atoms with Crippen molar-refractivity contribution in [2.45, 2.75) is 92.4 Å². The lowest BCUT2D eigenvalue weighted by molar-refractivity contribution is 0.624. The molecule has 0 heteroatoms. The van der Waals surface area contributed by atoms with E-state index in [-0.39, 0.29) is 0 Å². The first-order valence-corrected chi connectivity index (χ1v) is 8.81. The van der Waals surface area contributed by atoms with Gasteiger partial charge in [0.2, 0.25) is 0 Å². The third-order valence-corrected chi connectivity index (χ3v) is 3.44. The van der Waals surface area contributed by atoms with Gasteiger partial charge in [-0.05, 0) is 17.9 Å². The van der Waals surface area contributed by atoms with Gasteiger partial charge < -0.3 is 0 Å². The van der Waals surface area contributed by atoms with E-state index < -0.39 is 0 Å². The van der Waals surface area contributed by atoms with Gasteiger partial charge in [-0.2, -0.15) is 0 Å². The smallest absolute Gasteiger partial charge is 0.0193 e. The second kappa shape index (κ2) is 18.2. The van der Waals surface area contributed by atoms with Gasteiger partial charge >= 0.3 is 0 Å². The number of unbranched alkanes of at least 4 members (excludes halogenated alkanes) is 5. The Kier molecular flexibility index (Phi) is 19.6. The van der Waals surface area contributed by atoms with Crippen molar-refractivity contribution in [2.75, 3.05) is 0 Å². The molecule has 0 aliphatic carbocycles. The molecule has 1 unspecified atom stereocenters. The Morgan fingerprint density at radius 2 is 1.20 bits per heavy atom. The van der Waals surface area contributed by atoms with Crippen LogP contribution in [-0.2, 0) is 0 Å². The topological polar surface area (TPSA) is 0 Å². The molecule has 1 aromatic carbocycles. The van der Waals surface area contributed by atoms with Crippen molar-refractivity contribution in [3.8, 4) is 0 Å². The maximum absolute atomic E-state index is 2.26. The molecule has 1 aromatic rings. The molecule has 0 amide bonds. The summed E-state index contributed by atoms with van der Waals surface area (Å²) in [5.41, 5.74) is 1.45. The zero-order valence-electron chi connectivity index (χ0n) is 14.9. The molecule has 1 rings (SSSR count). The summed E-state index contributed by atoms with van der Waals surface area (Å²) >= 11 is 0. The molecule has 0 bridgehead atoms. The van der Waals surface area contributed by atoms with Gasteiger partial charge in [-0.3, -0.25) is 0 Å². The zero-order valence-corrected chi connectivity index (χ0v) is 14.9. The second-order valence-electron chi connectivity index (χ2n) is 5.13. The van der Waals surface area contributed by atoms with E-state index in [4.69, 9.17) is 0 Å². The fourth-order valence-electron chi connectivity index (χ4n) is 1.87. The summed E-state index contributed by atoms with van der Waals surface area (Å²) in [6.07, 6.45) is 9.71. The molecule has 0 radical (unpaired) electrons. The Bertz CT molecular complexity index is 244. The summed E-state index contributed by atoms with van der Waals surface area (Å²) in [5.74, 6) is 0.709. The van der Waals surface area contributed by atoms with E-state index in [9.17, 15) is 0 Å². The first-order valence-electron chi connectivity index (χ1n) is 8.81. The number of benzene rings is 1. The first-order chi connectivity index (χ1) is 9.76. The molecule has 0 spiro atoms. The normalized spacial score (nSPS) is 10.7. The fourth-order valence-corrected chi connectivity index (χ4v) is 1.87. The van der Waals surface area contributed by atoms with E-state index in [1.807, 2.05) is 13.8 Å². The van der Waals surface area contributed by atoms with Crippen molar-refractivity contribution >= 4 is 0 Å². The molecular formula is C20H38. The average Bonchev–Trinajstić information content (AvgIpc) is 2.54. The molecule has 20 heavy (non-hydrogen) atoms. The molecule has 0 saturated carbocycles. The Morgan fingerprint density at radius 3 is 1.55 bits per heavy atom. The van der Waals surface area contributed by atoms with Gasteiger partial charge in [0.05, 0.1) is 0 Å². The van der Waals surface area contributed by atoms with Gasteiger partial charge in [-0.1, -0.05) is 110 Å². The highest BCUT2D eigenvalue weighted by Crippen LogP contribution is 2.16. The van der Waals surface area contributed by atoms with Gasteiger partial charge in [0.1, 0.15) is 0 Å². The van der Waals surface area contributed by atoms with E-state index in [1.165, 1.54) is 50.5 Å². The van der Waals surface area contributed by atoms with E-state index in [0.29, 0.717) is 5.92 Å². The standard InChI is InChI=1S/C10H14.C8H18.C2H6/c1-3-9(2)10-7-5-4-6-8-10;1-3-5-7-8-6-4-2;1-2/h4-9H,3H2,1-2H3;3-8H2,1-2H3;1-2H3. The molecule has 0 aromatic heterocycles. The summed E-state index contributed by atoms with van der Waals surface area (Å²) in [7, 11) is 0. The quantitative estimate of drug-likeness (QED) is 0.450. The Balaban J connectivity index is 0. The van der Waals surface area contributed by atoms with Gasteiger partial charge in [0.15, 0.2) is 0 Å². The lowest BCUT2D eigenvalue weighted by Crippen LogP contribution is -1.88. The van der Waals surface area contributed by atoms with Crippen LogP contribution in [0.25, 0.3) is 0 Å². The van der Waals surface area contributed by atoms with Gasteiger partial charge in [-0.15, -0.1) is 0 Å². The molecule has 0 nitrogen and oxygen atoms in total. The molecule has 0 heterocycles. The van der Waals surface area contributed by atoms with Crippen molar-refractivity contribution in [2.24, 2.45) is 0 Å². The molecule has 0 saturated heterocycles. The van der Waals surface area contributed by atoms with Crippen molar-refractivity contribution in [1.82, 2.24) is 0 Å². The maximum Gasteiger partial charge on any atom is -0.0193 e. The van der Waals surface area contributed by atoms with Crippen LogP contribution < -0.4 is 0 Å². The molecule has 0 N–H and O–H groups in total. The van der Waals surface area contributed by atoms with E-state index >= 15 is 0 Å². The molecule has 0 fully saturated rings. The lowest BCUT2D eigenvalue weighted by atomic mass is 9.99. The third kappa shape index (κ3) is 13.6. The molecule has 1 atom stereocenters. The summed E-state index contributed by atoms with van der Waals surface area (Å²) in [6, 6.07) is 10.6. The van der Waals surface area contributed by atoms with Gasteiger partial charge in [0.25, 0.3) is 0 Å². The van der Waals surface area contributed by atoms with Crippen molar-refractivity contribution in [3.63, 3.8) is 0 Å². The predicted molar refractivity (Wildman–Crippen MR) is 95.5 cm³/mol. The van der Waals surface area contributed by atoms with Crippen LogP contribution in [0.2, 0.25) is 0 Å². The lowest BCUT2D eigenvalue weighted by Gasteiger charge is -2.06. The van der Waals surface area contributed by atoms with E-state index in [0.717, 1.165) is 0 Å². The van der Waals surface area contributed by atoms with Crippen LogP contribution in [-0.4, -0.2) is 0 Å². The minimum atomic E-state index is 0.709. The van der Waals surface area contributed by atoms with Crippen molar-refractivity contribution < 1.29 is 0 Å². The summed E-state index contributed by atoms with van der Waals surface area (Å²) in [5, 5.41) is 0. The Morgan fingerprint density at radius 1 is 0.750 bits per heavy atom. The number of rotatable bonds is 7. The third-order valence-electron chi connectivity index (χ3n) is 3.44. The van der Waals surface area contributed by atoms with Crippen LogP contribution in [0.15, 0.2) is 30.3 Å². The summed E-state index contributed by atoms with van der Waals surface area (Å²) < 4.78 is 0. The zero-order chi connectivity index (χ0) is 15.6. The fraction of sp³-hybridized carbons (Fsp3) is 0.700. The maximum atomic E-state index is 2.26. The average molecular weight is 279 g/mol. The number of hydrogen-bond acceptors (Lipinski definition) is 0. The summed E-state index contributed by atoms with van der Waals surface area (Å²) in [4.78, 5) is 0. The highest BCUT2D eigenvalue weighted by molar-refractivity contribution is 5.18. The van der Waals surface area contributed by atoms with Gasteiger partial charge in [-0.25, -0.2) is 0 Å². The Hall–Kier alpha value is -0.780. The van der Waals surface area contributed by atoms with Crippen LogP contribution in [0.5, 0.6) is 0 Å². The van der Waals surface area contributed by atoms with E-state index in [1.54, 1.807) is 0 Å².